The van der Waals surface area contributed by atoms with E-state index in [-0.39, 0.29) is 33.8 Å². The van der Waals surface area contributed by atoms with E-state index < -0.39 is 123 Å². The molecule has 0 N–H and O–H groups in total. The summed E-state index contributed by atoms with van der Waals surface area (Å²) in [6.45, 7) is 0. The van der Waals surface area contributed by atoms with Crippen molar-refractivity contribution >= 4 is 32.3 Å². The quantitative estimate of drug-likeness (QED) is 0.141. The number of rotatable bonds is 5. The fourth-order valence-electron chi connectivity index (χ4n) is 5.64. The number of aromatic nitrogens is 3. The monoisotopic (exact) mass is 626 g/mol. The number of benzene rings is 8. The average Bonchev–Trinajstić information content (AvgIpc) is 3.30. The lowest BCUT2D eigenvalue weighted by atomic mass is 9.89. The topological polar surface area (TPSA) is 38.7 Å². The van der Waals surface area contributed by atoms with Gasteiger partial charge in [-0.15, -0.1) is 0 Å². The summed E-state index contributed by atoms with van der Waals surface area (Å²) < 4.78 is 135. The first-order chi connectivity index (χ1) is 30.0. The van der Waals surface area contributed by atoms with Crippen LogP contribution in [0, 0.1) is 0 Å². The van der Waals surface area contributed by atoms with Crippen LogP contribution in [0.5, 0.6) is 0 Å². The Labute approximate surface area is 299 Å². The van der Waals surface area contributed by atoms with E-state index >= 15 is 0 Å². The van der Waals surface area contributed by atoms with Crippen LogP contribution in [-0.2, 0) is 0 Å². The Morgan fingerprint density at radius 2 is 0.833 bits per heavy atom. The van der Waals surface area contributed by atoms with E-state index in [1.54, 1.807) is 30.3 Å². The molecule has 0 saturated heterocycles. The predicted molar refractivity (Wildman–Crippen MR) is 200 cm³/mol. The van der Waals surface area contributed by atoms with Crippen LogP contribution in [-0.4, -0.2) is 15.0 Å². The Balaban J connectivity index is 1.39. The van der Waals surface area contributed by atoms with Gasteiger partial charge in [0.15, 0.2) is 17.5 Å². The maximum Gasteiger partial charge on any atom is 0.164 e. The number of nitrogens with zero attached hydrogens (tertiary/aromatic N) is 3. The molecule has 0 aliphatic rings. The van der Waals surface area contributed by atoms with Crippen molar-refractivity contribution in [1.82, 2.24) is 15.0 Å². The summed E-state index contributed by atoms with van der Waals surface area (Å²) in [5.41, 5.74) is 1.71. The van der Waals surface area contributed by atoms with Crippen molar-refractivity contribution in [2.24, 2.45) is 0 Å². The van der Waals surface area contributed by atoms with E-state index in [9.17, 15) is 8.22 Å². The van der Waals surface area contributed by atoms with Gasteiger partial charge in [-0.25, -0.2) is 15.0 Å². The Bertz CT molecular complexity index is 3410. The molecule has 0 unspecified atom stereocenters. The molecular weight excluding hydrogens is 583 g/mol. The Kier molecular flexibility index (Phi) is 4.01. The van der Waals surface area contributed by atoms with Crippen molar-refractivity contribution in [3.63, 3.8) is 0 Å². The molecular formula is C45H29N3. The van der Waals surface area contributed by atoms with Gasteiger partial charge in [-0.05, 0) is 60.6 Å². The summed E-state index contributed by atoms with van der Waals surface area (Å²) >= 11 is 0. The summed E-state index contributed by atoms with van der Waals surface area (Å²) in [6, 6.07) is 15.4. The van der Waals surface area contributed by atoms with Crippen molar-refractivity contribution in [2.75, 3.05) is 0 Å². The van der Waals surface area contributed by atoms with E-state index in [0.29, 0.717) is 11.1 Å². The molecule has 0 spiro atoms. The molecule has 8 aromatic carbocycles. The summed E-state index contributed by atoms with van der Waals surface area (Å²) in [4.78, 5) is 14.0. The highest BCUT2D eigenvalue weighted by Crippen LogP contribution is 2.40. The zero-order chi connectivity index (χ0) is 44.9. The molecule has 1 aromatic heterocycles. The summed E-state index contributed by atoms with van der Waals surface area (Å²) in [6.07, 6.45) is 0. The predicted octanol–water partition coefficient (Wildman–Crippen LogP) is 11.7. The van der Waals surface area contributed by atoms with Crippen LogP contribution >= 0.6 is 0 Å². The molecule has 0 atom stereocenters. The molecule has 0 saturated carbocycles. The first kappa shape index (κ1) is 16.4. The van der Waals surface area contributed by atoms with Crippen molar-refractivity contribution in [2.45, 2.75) is 0 Å². The third-order valence-corrected chi connectivity index (χ3v) is 7.95. The fraction of sp³-hybridized carbons (Fsp3) is 0. The van der Waals surface area contributed by atoms with Gasteiger partial charge in [-0.1, -0.05) is 170 Å². The molecule has 0 aliphatic heterocycles. The molecule has 1 heterocycles. The normalized spacial score (nSPS) is 15.7. The molecule has 48 heavy (non-hydrogen) atoms. The second kappa shape index (κ2) is 11.7. The standard InChI is InChI=1S/C45H29N3/c1-3-11-30(12-4-1)31-19-23-35(24-20-31)44-46-43(34-14-5-2-6-15-34)47-45(48-44)36-25-21-33(22-26-36)42-39-18-10-8-16-37(39)29-41-38-17-9-7-13-32(38)27-28-40(41)42/h1-29H/i7D,8D,9D,10D,13D,16D,17D,18D,21D,22D,25D,26D,27D,28D,29D. The summed E-state index contributed by atoms with van der Waals surface area (Å²) in [5, 5.41) is -2.51. The Morgan fingerprint density at radius 3 is 1.52 bits per heavy atom. The highest BCUT2D eigenvalue weighted by Gasteiger charge is 2.15. The van der Waals surface area contributed by atoms with E-state index in [1.165, 1.54) is 0 Å². The van der Waals surface area contributed by atoms with E-state index in [0.717, 1.165) is 11.1 Å². The summed E-state index contributed by atoms with van der Waals surface area (Å²) in [5.74, 6) is 0.113. The molecule has 0 bridgehead atoms. The lowest BCUT2D eigenvalue weighted by Crippen LogP contribution is -2.00. The highest BCUT2D eigenvalue weighted by molar-refractivity contribution is 6.20. The van der Waals surface area contributed by atoms with Crippen LogP contribution in [0.15, 0.2) is 176 Å². The molecule has 0 aliphatic carbocycles. The minimum absolute atomic E-state index is 0.164. The van der Waals surface area contributed by atoms with Gasteiger partial charge in [0.25, 0.3) is 0 Å². The van der Waals surface area contributed by atoms with Crippen molar-refractivity contribution < 1.29 is 20.6 Å². The first-order valence-electron chi connectivity index (χ1n) is 22.5. The molecule has 9 rings (SSSR count). The molecule has 9 aromatic rings. The van der Waals surface area contributed by atoms with Gasteiger partial charge in [-0.3, -0.25) is 0 Å². The van der Waals surface area contributed by atoms with Crippen LogP contribution in [0.2, 0.25) is 0 Å². The van der Waals surface area contributed by atoms with Gasteiger partial charge in [0.05, 0.1) is 20.6 Å². The minimum atomic E-state index is -0.761. The molecule has 0 amide bonds. The van der Waals surface area contributed by atoms with Gasteiger partial charge in [0.2, 0.25) is 0 Å². The minimum Gasteiger partial charge on any atom is -0.208 e. The molecule has 3 nitrogen and oxygen atoms in total. The van der Waals surface area contributed by atoms with Crippen LogP contribution in [0.4, 0.5) is 0 Å². The average molecular weight is 627 g/mol. The lowest BCUT2D eigenvalue weighted by Gasteiger charge is -2.14. The second-order valence-electron chi connectivity index (χ2n) is 10.9. The largest absolute Gasteiger partial charge is 0.208 e. The van der Waals surface area contributed by atoms with Crippen LogP contribution in [0.3, 0.4) is 0 Å². The molecule has 0 fully saturated rings. The smallest absolute Gasteiger partial charge is 0.164 e. The Morgan fingerprint density at radius 1 is 0.333 bits per heavy atom. The first-order valence-corrected chi connectivity index (χ1v) is 15.0. The summed E-state index contributed by atoms with van der Waals surface area (Å²) in [7, 11) is 0. The van der Waals surface area contributed by atoms with E-state index in [1.807, 2.05) is 54.6 Å². The number of fused-ring (bicyclic) bond motifs is 4. The second-order valence-corrected chi connectivity index (χ2v) is 10.9. The Hall–Kier alpha value is -6.45. The van der Waals surface area contributed by atoms with Crippen molar-refractivity contribution in [3.05, 3.63) is 176 Å². The maximum atomic E-state index is 9.52. The lowest BCUT2D eigenvalue weighted by molar-refractivity contribution is 1.07. The van der Waals surface area contributed by atoms with Crippen molar-refractivity contribution in [3.8, 4) is 56.4 Å². The van der Waals surface area contributed by atoms with Crippen LogP contribution < -0.4 is 0 Å². The van der Waals surface area contributed by atoms with Crippen LogP contribution in [0.1, 0.15) is 20.6 Å². The van der Waals surface area contributed by atoms with Gasteiger partial charge in [0, 0.05) is 16.7 Å². The van der Waals surface area contributed by atoms with Gasteiger partial charge in [-0.2, -0.15) is 0 Å². The van der Waals surface area contributed by atoms with Gasteiger partial charge >= 0.3 is 0 Å². The van der Waals surface area contributed by atoms with Crippen LogP contribution in [0.25, 0.3) is 88.7 Å². The SMILES string of the molecule is [2H]c1c([2H])c(-c2c3c([2H])c([2H])c([2H])c([2H])c3c([2H])c3c2c([2H])c([2H])c2c([2H])c([2H])c([2H])c([2H])c23)c([2H])c([2H])c1-c1nc(-c2ccccc2)nc(-c2ccc(-c3ccccc3)cc2)n1. The van der Waals surface area contributed by atoms with E-state index in [2.05, 4.69) is 9.97 Å². The third kappa shape index (κ3) is 4.99. The number of hydrogen-bond donors (Lipinski definition) is 0. The van der Waals surface area contributed by atoms with Crippen molar-refractivity contribution in [1.29, 1.82) is 0 Å². The molecule has 3 heteroatoms. The third-order valence-electron chi connectivity index (χ3n) is 7.95. The van der Waals surface area contributed by atoms with Gasteiger partial charge in [0.1, 0.15) is 0 Å². The zero-order valence-electron chi connectivity index (χ0n) is 39.9. The van der Waals surface area contributed by atoms with E-state index in [4.69, 9.17) is 17.3 Å². The molecule has 224 valence electrons. The molecule has 0 radical (unpaired) electrons. The highest BCUT2D eigenvalue weighted by atomic mass is 15.0. The maximum absolute atomic E-state index is 9.52. The van der Waals surface area contributed by atoms with Gasteiger partial charge < -0.3 is 0 Å². The fourth-order valence-corrected chi connectivity index (χ4v) is 5.64. The number of hydrogen-bond acceptors (Lipinski definition) is 3. The zero-order valence-corrected chi connectivity index (χ0v) is 24.9.